The molecule has 0 spiro atoms. The standard InChI is InChI=1S/C13H26N2O3S/c1-18-9-8-15(11-5-6-11)13(10-14)7-3-4-12(13)19(2,16)17/h11-12H,3-10,14H2,1-2H3. The third-order valence-electron chi connectivity index (χ3n) is 4.64. The van der Waals surface area contributed by atoms with Crippen molar-refractivity contribution in [2.45, 2.75) is 48.9 Å². The summed E-state index contributed by atoms with van der Waals surface area (Å²) < 4.78 is 29.4. The van der Waals surface area contributed by atoms with Gasteiger partial charge in [0.15, 0.2) is 9.84 Å². The van der Waals surface area contributed by atoms with Crippen molar-refractivity contribution < 1.29 is 13.2 Å². The molecule has 6 heteroatoms. The van der Waals surface area contributed by atoms with E-state index in [0.29, 0.717) is 19.2 Å². The van der Waals surface area contributed by atoms with Crippen molar-refractivity contribution in [3.8, 4) is 0 Å². The van der Waals surface area contributed by atoms with E-state index in [1.165, 1.54) is 6.26 Å². The van der Waals surface area contributed by atoms with Crippen LogP contribution in [0.4, 0.5) is 0 Å². The van der Waals surface area contributed by atoms with Crippen LogP contribution in [0.2, 0.25) is 0 Å². The highest BCUT2D eigenvalue weighted by Gasteiger charge is 2.54. The molecular weight excluding hydrogens is 264 g/mol. The van der Waals surface area contributed by atoms with Crippen LogP contribution in [-0.4, -0.2) is 63.2 Å². The first-order chi connectivity index (χ1) is 8.95. The van der Waals surface area contributed by atoms with Crippen molar-refractivity contribution in [1.29, 1.82) is 0 Å². The molecule has 112 valence electrons. The van der Waals surface area contributed by atoms with Gasteiger partial charge in [0.2, 0.25) is 0 Å². The van der Waals surface area contributed by atoms with E-state index in [4.69, 9.17) is 10.5 Å². The minimum Gasteiger partial charge on any atom is -0.383 e. The van der Waals surface area contributed by atoms with E-state index in [1.807, 2.05) is 0 Å². The van der Waals surface area contributed by atoms with Gasteiger partial charge in [0, 0.05) is 32.5 Å². The molecule has 2 aliphatic rings. The highest BCUT2D eigenvalue weighted by molar-refractivity contribution is 7.91. The first kappa shape index (κ1) is 15.2. The van der Waals surface area contributed by atoms with E-state index < -0.39 is 9.84 Å². The average Bonchev–Trinajstić information content (AvgIpc) is 3.07. The number of methoxy groups -OCH3 is 1. The van der Waals surface area contributed by atoms with Crippen LogP contribution < -0.4 is 5.73 Å². The van der Waals surface area contributed by atoms with Gasteiger partial charge in [-0.3, -0.25) is 4.90 Å². The summed E-state index contributed by atoms with van der Waals surface area (Å²) in [7, 11) is -1.38. The topological polar surface area (TPSA) is 72.6 Å². The van der Waals surface area contributed by atoms with Gasteiger partial charge < -0.3 is 10.5 Å². The van der Waals surface area contributed by atoms with Gasteiger partial charge in [0.05, 0.1) is 17.4 Å². The molecule has 2 atom stereocenters. The molecule has 2 unspecified atom stereocenters. The van der Waals surface area contributed by atoms with E-state index >= 15 is 0 Å². The largest absolute Gasteiger partial charge is 0.383 e. The van der Waals surface area contributed by atoms with Crippen LogP contribution >= 0.6 is 0 Å². The monoisotopic (exact) mass is 290 g/mol. The molecule has 0 heterocycles. The molecule has 0 amide bonds. The minimum atomic E-state index is -3.06. The molecule has 5 nitrogen and oxygen atoms in total. The lowest BCUT2D eigenvalue weighted by molar-refractivity contribution is 0.0579. The Morgan fingerprint density at radius 1 is 1.37 bits per heavy atom. The first-order valence-electron chi connectivity index (χ1n) is 7.10. The Hall–Kier alpha value is -0.170. The second-order valence-corrected chi connectivity index (χ2v) is 8.16. The molecular formula is C13H26N2O3S. The van der Waals surface area contributed by atoms with Crippen LogP contribution in [0.3, 0.4) is 0 Å². The van der Waals surface area contributed by atoms with E-state index in [2.05, 4.69) is 4.90 Å². The summed E-state index contributed by atoms with van der Waals surface area (Å²) in [5.41, 5.74) is 5.68. The number of rotatable bonds is 7. The van der Waals surface area contributed by atoms with Crippen LogP contribution in [0.15, 0.2) is 0 Å². The lowest BCUT2D eigenvalue weighted by Crippen LogP contribution is -2.61. The predicted octanol–water partition coefficient (Wildman–Crippen LogP) is 0.392. The van der Waals surface area contributed by atoms with Gasteiger partial charge >= 0.3 is 0 Å². The smallest absolute Gasteiger partial charge is 0.152 e. The second-order valence-electron chi connectivity index (χ2n) is 5.94. The normalized spacial score (nSPS) is 32.1. The van der Waals surface area contributed by atoms with Crippen LogP contribution in [0, 0.1) is 0 Å². The predicted molar refractivity (Wildman–Crippen MR) is 75.9 cm³/mol. The van der Waals surface area contributed by atoms with Gasteiger partial charge in [0.25, 0.3) is 0 Å². The fourth-order valence-corrected chi connectivity index (χ4v) is 5.40. The zero-order valence-electron chi connectivity index (χ0n) is 12.0. The van der Waals surface area contributed by atoms with E-state index in [1.54, 1.807) is 7.11 Å². The summed E-state index contributed by atoms with van der Waals surface area (Å²) in [6, 6.07) is 0.501. The maximum Gasteiger partial charge on any atom is 0.152 e. The Kier molecular flexibility index (Phi) is 4.55. The van der Waals surface area contributed by atoms with Gasteiger partial charge in [-0.1, -0.05) is 6.42 Å². The van der Waals surface area contributed by atoms with Gasteiger partial charge in [0.1, 0.15) is 0 Å². The lowest BCUT2D eigenvalue weighted by Gasteiger charge is -2.44. The molecule has 0 aliphatic heterocycles. The Bertz CT molecular complexity index is 408. The summed E-state index contributed by atoms with van der Waals surface area (Å²) in [6.45, 7) is 1.84. The molecule has 0 saturated heterocycles. The zero-order chi connectivity index (χ0) is 14.1. The number of nitrogens with zero attached hydrogens (tertiary/aromatic N) is 1. The summed E-state index contributed by atoms with van der Waals surface area (Å²) in [4.78, 5) is 2.34. The maximum atomic E-state index is 12.1. The molecule has 2 aliphatic carbocycles. The number of sulfone groups is 1. The Morgan fingerprint density at radius 2 is 2.05 bits per heavy atom. The third kappa shape index (κ3) is 2.96. The molecule has 0 radical (unpaired) electrons. The van der Waals surface area contributed by atoms with Gasteiger partial charge in [-0.2, -0.15) is 0 Å². The second kappa shape index (κ2) is 5.68. The fourth-order valence-electron chi connectivity index (χ4n) is 3.66. The van der Waals surface area contributed by atoms with Crippen molar-refractivity contribution in [2.24, 2.45) is 5.73 Å². The number of hydrogen-bond acceptors (Lipinski definition) is 5. The summed E-state index contributed by atoms with van der Waals surface area (Å²) in [6.07, 6.45) is 6.25. The van der Waals surface area contributed by atoms with E-state index in [9.17, 15) is 8.42 Å². The molecule has 0 aromatic carbocycles. The highest BCUT2D eigenvalue weighted by atomic mass is 32.2. The van der Waals surface area contributed by atoms with Crippen LogP contribution in [-0.2, 0) is 14.6 Å². The average molecular weight is 290 g/mol. The van der Waals surface area contributed by atoms with Crippen LogP contribution in [0.25, 0.3) is 0 Å². The zero-order valence-corrected chi connectivity index (χ0v) is 12.8. The summed E-state index contributed by atoms with van der Waals surface area (Å²) in [5.74, 6) is 0. The molecule has 19 heavy (non-hydrogen) atoms. The van der Waals surface area contributed by atoms with Crippen molar-refractivity contribution in [3.05, 3.63) is 0 Å². The third-order valence-corrected chi connectivity index (χ3v) is 6.35. The SMILES string of the molecule is COCCN(C1CC1)C1(CN)CCCC1S(C)(=O)=O. The quantitative estimate of drug-likeness (QED) is 0.734. The van der Waals surface area contributed by atoms with Gasteiger partial charge in [-0.25, -0.2) is 8.42 Å². The molecule has 2 rings (SSSR count). The van der Waals surface area contributed by atoms with Crippen LogP contribution in [0.1, 0.15) is 32.1 Å². The molecule has 0 aromatic rings. The Balaban J connectivity index is 2.27. The lowest BCUT2D eigenvalue weighted by atomic mass is 9.94. The van der Waals surface area contributed by atoms with Gasteiger partial charge in [-0.05, 0) is 25.7 Å². The number of nitrogens with two attached hydrogens (primary N) is 1. The molecule has 2 saturated carbocycles. The minimum absolute atomic E-state index is 0.317. The van der Waals surface area contributed by atoms with Crippen molar-refractivity contribution >= 4 is 9.84 Å². The maximum absolute atomic E-state index is 12.1. The van der Waals surface area contributed by atoms with Crippen molar-refractivity contribution in [2.75, 3.05) is 33.1 Å². The Morgan fingerprint density at radius 3 is 2.53 bits per heavy atom. The molecule has 0 bridgehead atoms. The molecule has 2 N–H and O–H groups in total. The first-order valence-corrected chi connectivity index (χ1v) is 9.06. The number of hydrogen-bond donors (Lipinski definition) is 1. The molecule has 0 aromatic heterocycles. The number of ether oxygens (including phenoxy) is 1. The van der Waals surface area contributed by atoms with Crippen molar-refractivity contribution in [3.63, 3.8) is 0 Å². The fraction of sp³-hybridized carbons (Fsp3) is 1.00. The highest BCUT2D eigenvalue weighted by Crippen LogP contribution is 2.44. The molecule has 2 fully saturated rings. The van der Waals surface area contributed by atoms with Crippen molar-refractivity contribution in [1.82, 2.24) is 4.90 Å². The summed E-state index contributed by atoms with van der Waals surface area (Å²) in [5, 5.41) is -0.317. The summed E-state index contributed by atoms with van der Waals surface area (Å²) >= 11 is 0. The van der Waals surface area contributed by atoms with E-state index in [-0.39, 0.29) is 10.8 Å². The van der Waals surface area contributed by atoms with Gasteiger partial charge in [-0.15, -0.1) is 0 Å². The van der Waals surface area contributed by atoms with E-state index in [0.717, 1.165) is 38.6 Å². The Labute approximate surface area is 116 Å². The van der Waals surface area contributed by atoms with Crippen LogP contribution in [0.5, 0.6) is 0 Å².